The number of aromatic nitrogens is 2. The van der Waals surface area contributed by atoms with Crippen molar-refractivity contribution in [2.24, 2.45) is 11.3 Å². The van der Waals surface area contributed by atoms with Crippen LogP contribution in [-0.4, -0.2) is 9.38 Å². The molecule has 19 heavy (non-hydrogen) atoms. The molecule has 2 heteroatoms. The van der Waals surface area contributed by atoms with Crippen LogP contribution in [0.3, 0.4) is 0 Å². The Hall–Kier alpha value is -1.31. The minimum Gasteiger partial charge on any atom is -0.301 e. The van der Waals surface area contributed by atoms with Crippen molar-refractivity contribution in [2.75, 3.05) is 0 Å². The molecule has 0 spiro atoms. The fourth-order valence-electron chi connectivity index (χ4n) is 3.46. The molecule has 0 radical (unpaired) electrons. The minimum absolute atomic E-state index is 0.387. The Bertz CT molecular complexity index is 629. The first-order chi connectivity index (χ1) is 8.86. The second kappa shape index (κ2) is 4.09. The van der Waals surface area contributed by atoms with Gasteiger partial charge in [-0.05, 0) is 62.1 Å². The maximum Gasteiger partial charge on any atom is 0.137 e. The van der Waals surface area contributed by atoms with Gasteiger partial charge in [0.05, 0.1) is 5.69 Å². The van der Waals surface area contributed by atoms with Crippen molar-refractivity contribution in [2.45, 2.75) is 53.9 Å². The molecule has 0 saturated heterocycles. The second-order valence-electron chi connectivity index (χ2n) is 7.18. The third kappa shape index (κ3) is 2.07. The lowest BCUT2D eigenvalue weighted by atomic mass is 9.73. The molecule has 1 atom stereocenters. The molecule has 0 N–H and O–H groups in total. The van der Waals surface area contributed by atoms with E-state index < -0.39 is 0 Å². The Balaban J connectivity index is 2.10. The van der Waals surface area contributed by atoms with E-state index in [-0.39, 0.29) is 0 Å². The number of hydrogen-bond donors (Lipinski definition) is 0. The van der Waals surface area contributed by atoms with Crippen LogP contribution in [0.2, 0.25) is 0 Å². The number of hydrogen-bond acceptors (Lipinski definition) is 1. The summed E-state index contributed by atoms with van der Waals surface area (Å²) in [6, 6.07) is 4.46. The molecule has 1 aliphatic carbocycles. The molecule has 0 fully saturated rings. The highest BCUT2D eigenvalue weighted by molar-refractivity contribution is 5.48. The largest absolute Gasteiger partial charge is 0.301 e. The minimum atomic E-state index is 0.387. The highest BCUT2D eigenvalue weighted by Crippen LogP contribution is 2.37. The van der Waals surface area contributed by atoms with Crippen LogP contribution in [0.25, 0.3) is 5.65 Å². The lowest BCUT2D eigenvalue weighted by Gasteiger charge is -2.33. The van der Waals surface area contributed by atoms with Crippen molar-refractivity contribution >= 4 is 5.65 Å². The van der Waals surface area contributed by atoms with Gasteiger partial charge in [-0.1, -0.05) is 20.8 Å². The average molecular weight is 256 g/mol. The molecular weight excluding hydrogens is 232 g/mol. The van der Waals surface area contributed by atoms with Crippen molar-refractivity contribution in [1.29, 1.82) is 0 Å². The number of rotatable bonds is 0. The van der Waals surface area contributed by atoms with E-state index >= 15 is 0 Å². The summed E-state index contributed by atoms with van der Waals surface area (Å²) < 4.78 is 2.36. The monoisotopic (exact) mass is 256 g/mol. The summed E-state index contributed by atoms with van der Waals surface area (Å²) in [4.78, 5) is 4.90. The predicted octanol–water partition coefficient (Wildman–Crippen LogP) is 4.10. The van der Waals surface area contributed by atoms with Crippen molar-refractivity contribution in [1.82, 2.24) is 9.38 Å². The maximum absolute atomic E-state index is 4.90. The first-order valence-electron chi connectivity index (χ1n) is 7.34. The number of imidazole rings is 1. The van der Waals surface area contributed by atoms with Gasteiger partial charge < -0.3 is 4.40 Å². The summed E-state index contributed by atoms with van der Waals surface area (Å²) >= 11 is 0. The van der Waals surface area contributed by atoms with Gasteiger partial charge in [0.1, 0.15) is 5.65 Å². The molecule has 3 rings (SSSR count). The summed E-state index contributed by atoms with van der Waals surface area (Å²) in [5, 5.41) is 0. The first-order valence-corrected chi connectivity index (χ1v) is 7.34. The van der Waals surface area contributed by atoms with E-state index in [4.69, 9.17) is 4.98 Å². The summed E-state index contributed by atoms with van der Waals surface area (Å²) in [5.74, 6) is 0.756. The number of pyridine rings is 1. The van der Waals surface area contributed by atoms with E-state index in [0.29, 0.717) is 5.41 Å². The highest BCUT2D eigenvalue weighted by atomic mass is 15.0. The third-order valence-corrected chi connectivity index (χ3v) is 4.62. The van der Waals surface area contributed by atoms with Crippen LogP contribution < -0.4 is 0 Å². The maximum atomic E-state index is 4.90. The van der Waals surface area contributed by atoms with Crippen LogP contribution in [0.15, 0.2) is 12.1 Å². The van der Waals surface area contributed by atoms with Crippen LogP contribution in [0, 0.1) is 25.2 Å². The fourth-order valence-corrected chi connectivity index (χ4v) is 3.46. The second-order valence-corrected chi connectivity index (χ2v) is 7.18. The Morgan fingerprint density at radius 2 is 1.95 bits per heavy atom. The van der Waals surface area contributed by atoms with Crippen LogP contribution in [0.1, 0.15) is 49.8 Å². The van der Waals surface area contributed by atoms with Gasteiger partial charge in [0.25, 0.3) is 0 Å². The molecule has 1 unspecified atom stereocenters. The summed E-state index contributed by atoms with van der Waals surface area (Å²) in [7, 11) is 0. The normalized spacial score (nSPS) is 19.7. The summed E-state index contributed by atoms with van der Waals surface area (Å²) in [6.07, 6.45) is 3.60. The van der Waals surface area contributed by atoms with E-state index in [2.05, 4.69) is 51.2 Å². The van der Waals surface area contributed by atoms with E-state index in [1.165, 1.54) is 35.5 Å². The lowest BCUT2D eigenvalue weighted by Crippen LogP contribution is -2.27. The van der Waals surface area contributed by atoms with Crippen LogP contribution >= 0.6 is 0 Å². The number of aryl methyl sites for hydroxylation is 3. The fraction of sp³-hybridized carbons (Fsp3) is 0.588. The smallest absolute Gasteiger partial charge is 0.137 e. The molecule has 0 bridgehead atoms. The molecule has 0 amide bonds. The Morgan fingerprint density at radius 3 is 2.63 bits per heavy atom. The van der Waals surface area contributed by atoms with Gasteiger partial charge in [-0.3, -0.25) is 0 Å². The molecular formula is C17H24N2. The highest BCUT2D eigenvalue weighted by Gasteiger charge is 2.31. The zero-order valence-corrected chi connectivity index (χ0v) is 12.7. The molecule has 2 aromatic heterocycles. The van der Waals surface area contributed by atoms with E-state index in [0.717, 1.165) is 18.0 Å². The predicted molar refractivity (Wildman–Crippen MR) is 79.6 cm³/mol. The van der Waals surface area contributed by atoms with Gasteiger partial charge in [0.15, 0.2) is 0 Å². The third-order valence-electron chi connectivity index (χ3n) is 4.62. The van der Waals surface area contributed by atoms with Gasteiger partial charge in [-0.2, -0.15) is 0 Å². The molecule has 2 nitrogen and oxygen atoms in total. The zero-order valence-electron chi connectivity index (χ0n) is 12.7. The van der Waals surface area contributed by atoms with Crippen molar-refractivity contribution in [3.63, 3.8) is 0 Å². The molecule has 102 valence electrons. The standard InChI is InChI=1S/C17H24N2/c1-11-8-12(2)19-15-7-6-13(17(3,4)5)10-14(15)18-16(19)9-11/h8-9,13H,6-7,10H2,1-5H3. The Morgan fingerprint density at radius 1 is 1.21 bits per heavy atom. The van der Waals surface area contributed by atoms with Gasteiger partial charge in [-0.15, -0.1) is 0 Å². The molecule has 1 aliphatic rings. The van der Waals surface area contributed by atoms with Gasteiger partial charge in [0, 0.05) is 11.4 Å². The SMILES string of the molecule is Cc1cc(C)n2c3c(nc2c1)CC(C(C)(C)C)CC3. The quantitative estimate of drug-likeness (QED) is 0.693. The van der Waals surface area contributed by atoms with E-state index in [9.17, 15) is 0 Å². The van der Waals surface area contributed by atoms with Gasteiger partial charge in [-0.25, -0.2) is 4.98 Å². The topological polar surface area (TPSA) is 17.3 Å². The molecule has 0 aliphatic heterocycles. The Kier molecular flexibility index (Phi) is 2.74. The average Bonchev–Trinajstić information content (AvgIpc) is 2.64. The molecule has 0 aromatic carbocycles. The van der Waals surface area contributed by atoms with Crippen LogP contribution in [-0.2, 0) is 12.8 Å². The van der Waals surface area contributed by atoms with Crippen molar-refractivity contribution < 1.29 is 0 Å². The summed E-state index contributed by atoms with van der Waals surface area (Å²) in [5.41, 5.74) is 6.93. The van der Waals surface area contributed by atoms with Crippen LogP contribution in [0.4, 0.5) is 0 Å². The van der Waals surface area contributed by atoms with Crippen LogP contribution in [0.5, 0.6) is 0 Å². The number of nitrogens with zero attached hydrogens (tertiary/aromatic N) is 2. The van der Waals surface area contributed by atoms with Crippen molar-refractivity contribution in [3.05, 3.63) is 34.8 Å². The van der Waals surface area contributed by atoms with E-state index in [1.807, 2.05) is 0 Å². The van der Waals surface area contributed by atoms with Gasteiger partial charge >= 0.3 is 0 Å². The van der Waals surface area contributed by atoms with Gasteiger partial charge in [0.2, 0.25) is 0 Å². The molecule has 2 aromatic rings. The lowest BCUT2D eigenvalue weighted by molar-refractivity contribution is 0.213. The summed E-state index contributed by atoms with van der Waals surface area (Å²) in [6.45, 7) is 11.4. The molecule has 2 heterocycles. The first kappa shape index (κ1) is 12.7. The zero-order chi connectivity index (χ0) is 13.8. The Labute approximate surface area is 115 Å². The van der Waals surface area contributed by atoms with E-state index in [1.54, 1.807) is 0 Å². The molecule has 0 saturated carbocycles. The van der Waals surface area contributed by atoms with Crippen molar-refractivity contribution in [3.8, 4) is 0 Å². The number of fused-ring (bicyclic) bond motifs is 3.